The minimum atomic E-state index is -1.07. The van der Waals surface area contributed by atoms with Crippen molar-refractivity contribution < 1.29 is 19.4 Å². The largest absolute Gasteiger partial charge is 0.463 e. The number of nitro groups is 2. The van der Waals surface area contributed by atoms with Crippen LogP contribution in [0.1, 0.15) is 18.4 Å². The summed E-state index contributed by atoms with van der Waals surface area (Å²) in [7, 11) is 0. The Hall–Kier alpha value is -3.08. The van der Waals surface area contributed by atoms with Gasteiger partial charge in [-0.3, -0.25) is 20.2 Å². The molecule has 10 nitrogen and oxygen atoms in total. The lowest BCUT2D eigenvalue weighted by molar-refractivity contribution is -0.431. The van der Waals surface area contributed by atoms with Crippen LogP contribution in [0.15, 0.2) is 46.4 Å². The smallest absolute Gasteiger partial charge is 0.338 e. The third-order valence-corrected chi connectivity index (χ3v) is 5.37. The van der Waals surface area contributed by atoms with Gasteiger partial charge in [-0.25, -0.2) is 4.79 Å². The lowest BCUT2D eigenvalue weighted by Crippen LogP contribution is -2.37. The molecule has 1 atom stereocenters. The number of carbonyl (C=O) groups is 1. The summed E-state index contributed by atoms with van der Waals surface area (Å²) >= 11 is 1.29. The van der Waals surface area contributed by atoms with E-state index in [1.165, 1.54) is 36.0 Å². The Balaban J connectivity index is 2.20. The van der Waals surface area contributed by atoms with Gasteiger partial charge >= 0.3 is 5.97 Å². The van der Waals surface area contributed by atoms with Gasteiger partial charge < -0.3 is 15.4 Å². The highest BCUT2D eigenvalue weighted by atomic mass is 32.2. The molecule has 2 aliphatic heterocycles. The molecule has 2 N–H and O–H groups in total. The number of carbonyl (C=O) groups excluding carboxylic acids is 1. The summed E-state index contributed by atoms with van der Waals surface area (Å²) < 4.78 is 5.08. The highest BCUT2D eigenvalue weighted by molar-refractivity contribution is 8.03. The van der Waals surface area contributed by atoms with Crippen LogP contribution >= 0.6 is 11.8 Å². The SMILES string of the molecule is CCOC(=O)C1=C(N)N2CCSC2=C([N+](=O)[O-])C1c1ccc([N+](=O)[O-])cc1. The van der Waals surface area contributed by atoms with Crippen molar-refractivity contribution in [1.82, 2.24) is 4.90 Å². The van der Waals surface area contributed by atoms with Gasteiger partial charge in [0.05, 0.1) is 22.0 Å². The van der Waals surface area contributed by atoms with Gasteiger partial charge in [0.15, 0.2) is 5.03 Å². The van der Waals surface area contributed by atoms with Crippen LogP contribution in [-0.2, 0) is 9.53 Å². The lowest BCUT2D eigenvalue weighted by Gasteiger charge is -2.30. The average Bonchev–Trinajstić information content (AvgIpc) is 3.11. The number of nitrogens with two attached hydrogens (primary N) is 1. The van der Waals surface area contributed by atoms with Crippen molar-refractivity contribution in [1.29, 1.82) is 0 Å². The summed E-state index contributed by atoms with van der Waals surface area (Å²) in [6.07, 6.45) is 0. The third kappa shape index (κ3) is 3.21. The maximum atomic E-state index is 12.6. The molecule has 1 fully saturated rings. The number of esters is 1. The van der Waals surface area contributed by atoms with Crippen LogP contribution in [0, 0.1) is 20.2 Å². The number of hydrogen-bond acceptors (Lipinski definition) is 9. The van der Waals surface area contributed by atoms with Crippen LogP contribution < -0.4 is 5.73 Å². The fourth-order valence-electron chi connectivity index (χ4n) is 3.14. The van der Waals surface area contributed by atoms with Gasteiger partial charge in [0, 0.05) is 24.4 Å². The Morgan fingerprint density at radius 2 is 1.96 bits per heavy atom. The summed E-state index contributed by atoms with van der Waals surface area (Å²) in [4.78, 5) is 35.8. The molecule has 1 aromatic rings. The zero-order chi connectivity index (χ0) is 19.7. The van der Waals surface area contributed by atoms with E-state index in [1.807, 2.05) is 0 Å². The van der Waals surface area contributed by atoms with E-state index in [0.29, 0.717) is 22.9 Å². The summed E-state index contributed by atoms with van der Waals surface area (Å²) in [5.74, 6) is -1.11. The molecule has 11 heteroatoms. The van der Waals surface area contributed by atoms with Crippen molar-refractivity contribution in [2.75, 3.05) is 18.9 Å². The first-order chi connectivity index (χ1) is 12.9. The Kier molecular flexibility index (Phi) is 5.04. The van der Waals surface area contributed by atoms with E-state index < -0.39 is 21.7 Å². The molecule has 0 bridgehead atoms. The molecule has 0 amide bonds. The van der Waals surface area contributed by atoms with Crippen molar-refractivity contribution in [3.63, 3.8) is 0 Å². The quantitative estimate of drug-likeness (QED) is 0.451. The van der Waals surface area contributed by atoms with Crippen LogP contribution in [0.2, 0.25) is 0 Å². The molecule has 0 aliphatic carbocycles. The van der Waals surface area contributed by atoms with E-state index in [0.717, 1.165) is 0 Å². The summed E-state index contributed by atoms with van der Waals surface area (Å²) in [5.41, 5.74) is 6.19. The first-order valence-corrected chi connectivity index (χ1v) is 9.05. The summed E-state index contributed by atoms with van der Waals surface area (Å²) in [6, 6.07) is 5.28. The molecular formula is C16H16N4O6S. The van der Waals surface area contributed by atoms with Gasteiger partial charge in [-0.05, 0) is 12.5 Å². The van der Waals surface area contributed by atoms with E-state index in [9.17, 15) is 25.0 Å². The molecule has 2 aliphatic rings. The van der Waals surface area contributed by atoms with Crippen molar-refractivity contribution >= 4 is 23.4 Å². The second-order valence-corrected chi connectivity index (χ2v) is 6.83. The Morgan fingerprint density at radius 3 is 2.52 bits per heavy atom. The number of non-ortho nitro benzene ring substituents is 1. The van der Waals surface area contributed by atoms with Gasteiger partial charge in [0.25, 0.3) is 11.4 Å². The van der Waals surface area contributed by atoms with Crippen LogP contribution in [0.4, 0.5) is 5.69 Å². The van der Waals surface area contributed by atoms with Gasteiger partial charge in [0.2, 0.25) is 0 Å². The predicted molar refractivity (Wildman–Crippen MR) is 96.9 cm³/mol. The minimum absolute atomic E-state index is 0.0244. The summed E-state index contributed by atoms with van der Waals surface area (Å²) in [5, 5.41) is 23.2. The number of nitro benzene ring substituents is 1. The minimum Gasteiger partial charge on any atom is -0.463 e. The molecule has 3 rings (SSSR count). The van der Waals surface area contributed by atoms with E-state index in [1.54, 1.807) is 11.8 Å². The van der Waals surface area contributed by atoms with Gasteiger partial charge in [0.1, 0.15) is 11.7 Å². The normalized spacial score (nSPS) is 19.1. The van der Waals surface area contributed by atoms with Gasteiger partial charge in [-0.1, -0.05) is 23.9 Å². The molecule has 142 valence electrons. The lowest BCUT2D eigenvalue weighted by atomic mass is 9.86. The number of rotatable bonds is 5. The molecule has 0 spiro atoms. The van der Waals surface area contributed by atoms with Crippen LogP contribution in [0.5, 0.6) is 0 Å². The van der Waals surface area contributed by atoms with Crippen LogP contribution in [-0.4, -0.2) is 39.6 Å². The van der Waals surface area contributed by atoms with Crippen molar-refractivity contribution in [2.24, 2.45) is 5.73 Å². The number of fused-ring (bicyclic) bond motifs is 1. The molecule has 1 saturated heterocycles. The maximum Gasteiger partial charge on any atom is 0.338 e. The average molecular weight is 392 g/mol. The highest BCUT2D eigenvalue weighted by Crippen LogP contribution is 2.47. The standard InChI is InChI=1S/C16H16N4O6S/c1-2-26-16(21)12-11(9-3-5-10(6-4-9)19(22)23)13(20(24)25)15-18(14(12)17)7-8-27-15/h3-6,11H,2,7-8,17H2,1H3. The molecule has 1 unspecified atom stereocenters. The molecule has 0 saturated carbocycles. The van der Waals surface area contributed by atoms with Crippen LogP contribution in [0.25, 0.3) is 0 Å². The predicted octanol–water partition coefficient (Wildman–Crippen LogP) is 1.92. The van der Waals surface area contributed by atoms with E-state index in [2.05, 4.69) is 0 Å². The van der Waals surface area contributed by atoms with Gasteiger partial charge in [-0.2, -0.15) is 0 Å². The number of benzene rings is 1. The first-order valence-electron chi connectivity index (χ1n) is 8.06. The van der Waals surface area contributed by atoms with Gasteiger partial charge in [-0.15, -0.1) is 0 Å². The number of thioether (sulfide) groups is 1. The van der Waals surface area contributed by atoms with E-state index in [-0.39, 0.29) is 29.4 Å². The molecule has 2 heterocycles. The number of nitrogens with zero attached hydrogens (tertiary/aromatic N) is 3. The topological polar surface area (TPSA) is 142 Å². The first kappa shape index (κ1) is 18.7. The molecule has 27 heavy (non-hydrogen) atoms. The number of allylic oxidation sites excluding steroid dienone is 1. The van der Waals surface area contributed by atoms with Crippen molar-refractivity contribution in [3.05, 3.63) is 72.2 Å². The van der Waals surface area contributed by atoms with Crippen molar-refractivity contribution in [3.8, 4) is 0 Å². The molecule has 0 aromatic heterocycles. The second-order valence-electron chi connectivity index (χ2n) is 5.75. The molecule has 0 radical (unpaired) electrons. The third-order valence-electron chi connectivity index (χ3n) is 4.28. The number of hydrogen-bond donors (Lipinski definition) is 1. The van der Waals surface area contributed by atoms with E-state index >= 15 is 0 Å². The van der Waals surface area contributed by atoms with Crippen molar-refractivity contribution in [2.45, 2.75) is 12.8 Å². The zero-order valence-corrected chi connectivity index (χ0v) is 15.1. The second kappa shape index (κ2) is 7.27. The fraction of sp³-hybridized carbons (Fsp3) is 0.312. The Labute approximate surface area is 157 Å². The highest BCUT2D eigenvalue weighted by Gasteiger charge is 2.47. The zero-order valence-electron chi connectivity index (χ0n) is 14.3. The Morgan fingerprint density at radius 1 is 1.30 bits per heavy atom. The maximum absolute atomic E-state index is 12.6. The summed E-state index contributed by atoms with van der Waals surface area (Å²) in [6.45, 7) is 2.15. The number of ether oxygens (including phenoxy) is 1. The van der Waals surface area contributed by atoms with Crippen LogP contribution in [0.3, 0.4) is 0 Å². The fourth-order valence-corrected chi connectivity index (χ4v) is 4.29. The molecular weight excluding hydrogens is 376 g/mol. The Bertz CT molecular complexity index is 879. The monoisotopic (exact) mass is 392 g/mol. The van der Waals surface area contributed by atoms with E-state index in [4.69, 9.17) is 10.5 Å². The molecule has 1 aromatic carbocycles.